The van der Waals surface area contributed by atoms with Gasteiger partial charge in [-0.05, 0) is 90.0 Å². The molecule has 4 aliphatic heterocycles. The molecule has 6 amide bonds. The van der Waals surface area contributed by atoms with Gasteiger partial charge in [-0.1, -0.05) is 72.8 Å². The third-order valence-electron chi connectivity index (χ3n) is 14.6. The second-order valence-electron chi connectivity index (χ2n) is 18.8. The SMILES string of the molecule is O=C(CCOCCOCCOCCNC(=O)c1ccc(NC(=O)[C@@H]2NC3(CCCCC3)[C@@]3(C(=O)Nc4cc(Cl)ccc43)[C@H]2c2cccc(Cl)c2F)cc1)Cc1cccc2c1CN(C1CCC(=O)NC1=O)C2=O. The molecule has 16 nitrogen and oxygen atoms in total. The molecule has 5 aliphatic rings. The summed E-state index contributed by atoms with van der Waals surface area (Å²) in [4.78, 5) is 93.5. The topological polar surface area (TPSA) is 211 Å². The Morgan fingerprint density at radius 2 is 1.54 bits per heavy atom. The van der Waals surface area contributed by atoms with Crippen LogP contribution in [0.4, 0.5) is 15.8 Å². The van der Waals surface area contributed by atoms with Crippen LogP contribution in [-0.4, -0.2) is 110 Å². The van der Waals surface area contributed by atoms with Crippen LogP contribution in [0.2, 0.25) is 10.0 Å². The van der Waals surface area contributed by atoms with E-state index in [2.05, 4.69) is 26.6 Å². The minimum absolute atomic E-state index is 0.0554. The molecule has 4 aromatic rings. The van der Waals surface area contributed by atoms with E-state index in [1.54, 1.807) is 66.7 Å². The predicted octanol–water partition coefficient (Wildman–Crippen LogP) is 6.16. The number of fused-ring (bicyclic) bond motifs is 4. The quantitative estimate of drug-likeness (QED) is 0.0531. The Morgan fingerprint density at radius 1 is 0.819 bits per heavy atom. The van der Waals surface area contributed by atoms with Gasteiger partial charge in [0, 0.05) is 71.3 Å². The number of ether oxygens (including phenoxy) is 3. The molecule has 72 heavy (non-hydrogen) atoms. The molecule has 378 valence electrons. The Balaban J connectivity index is 0.694. The molecule has 1 unspecified atom stereocenters. The highest BCUT2D eigenvalue weighted by atomic mass is 35.5. The average Bonchev–Trinajstić information content (AvgIpc) is 3.96. The maximum Gasteiger partial charge on any atom is 0.255 e. The number of hydrogen-bond donors (Lipinski definition) is 5. The van der Waals surface area contributed by atoms with Crippen LogP contribution in [0, 0.1) is 5.82 Å². The molecule has 0 radical (unpaired) electrons. The number of rotatable bonds is 19. The molecule has 19 heteroatoms. The van der Waals surface area contributed by atoms with Gasteiger partial charge in [0.05, 0.1) is 50.7 Å². The van der Waals surface area contributed by atoms with Gasteiger partial charge >= 0.3 is 0 Å². The number of halogens is 3. The van der Waals surface area contributed by atoms with Gasteiger partial charge in [-0.15, -0.1) is 0 Å². The molecule has 1 saturated carbocycles. The van der Waals surface area contributed by atoms with Crippen molar-refractivity contribution in [3.63, 3.8) is 0 Å². The Hall–Kier alpha value is -6.08. The van der Waals surface area contributed by atoms with Gasteiger partial charge in [0.25, 0.3) is 11.8 Å². The van der Waals surface area contributed by atoms with Crippen LogP contribution < -0.4 is 26.6 Å². The first-order valence-electron chi connectivity index (χ1n) is 24.3. The number of carbonyl (C=O) groups is 7. The number of nitrogens with one attached hydrogen (secondary N) is 5. The van der Waals surface area contributed by atoms with E-state index in [0.717, 1.165) is 30.4 Å². The summed E-state index contributed by atoms with van der Waals surface area (Å²) in [6.07, 6.45) is 4.47. The standard InChI is InChI=1S/C53H55Cl2FN6O10/c54-33-12-15-39-41(29-33)59-51(69)53(39)44(37-8-5-9-40(55)45(37)56)46(61-52(53)19-2-1-3-20-52)49(67)58-34-13-10-31(11-14-34)47(65)57-21-23-71-25-27-72-26-24-70-22-18-35(63)28-32-6-4-7-36-38(32)30-62(50(36)68)42-16-17-43(64)60-48(42)66/h4-15,29,42,44,46,61H,1-3,16-28,30H2,(H,57,65)(H,58,67)(H,59,69)(H,60,64,66)/t42?,44-,46+,53+/m0/s1. The lowest BCUT2D eigenvalue weighted by molar-refractivity contribution is -0.137. The number of piperidine rings is 1. The number of hydrogen-bond acceptors (Lipinski definition) is 11. The first-order valence-corrected chi connectivity index (χ1v) is 25.1. The zero-order chi connectivity index (χ0) is 50.6. The van der Waals surface area contributed by atoms with E-state index in [-0.39, 0.29) is 112 Å². The van der Waals surface area contributed by atoms with Crippen molar-refractivity contribution < 1.29 is 52.2 Å². The average molecular weight is 1030 g/mol. The van der Waals surface area contributed by atoms with Gasteiger partial charge in [-0.25, -0.2) is 4.39 Å². The second kappa shape index (κ2) is 22.0. The fourth-order valence-electron chi connectivity index (χ4n) is 11.3. The number of benzene rings is 4. The fraction of sp³-hybridized carbons (Fsp3) is 0.415. The van der Waals surface area contributed by atoms with Crippen LogP contribution in [0.1, 0.15) is 100 Å². The summed E-state index contributed by atoms with van der Waals surface area (Å²) in [6.45, 7) is 2.00. The lowest BCUT2D eigenvalue weighted by Crippen LogP contribution is -2.60. The zero-order valence-electron chi connectivity index (χ0n) is 39.4. The van der Waals surface area contributed by atoms with Gasteiger partial charge in [-0.3, -0.25) is 44.2 Å². The summed E-state index contributed by atoms with van der Waals surface area (Å²) < 4.78 is 33.0. The predicted molar refractivity (Wildman–Crippen MR) is 264 cm³/mol. The molecule has 9 rings (SSSR count). The molecule has 0 aromatic heterocycles. The Bertz CT molecular complexity index is 2790. The van der Waals surface area contributed by atoms with Crippen molar-refractivity contribution in [2.24, 2.45) is 0 Å². The van der Waals surface area contributed by atoms with Crippen molar-refractivity contribution in [3.05, 3.63) is 128 Å². The summed E-state index contributed by atoms with van der Waals surface area (Å²) >= 11 is 12.8. The van der Waals surface area contributed by atoms with E-state index >= 15 is 4.39 Å². The van der Waals surface area contributed by atoms with Crippen molar-refractivity contribution >= 4 is 75.8 Å². The highest BCUT2D eigenvalue weighted by Gasteiger charge is 2.72. The number of anilines is 2. The molecule has 1 aliphatic carbocycles. The number of nitrogens with zero attached hydrogens (tertiary/aromatic N) is 1. The van der Waals surface area contributed by atoms with Gasteiger partial charge < -0.3 is 35.1 Å². The van der Waals surface area contributed by atoms with Crippen LogP contribution in [0.15, 0.2) is 78.9 Å². The van der Waals surface area contributed by atoms with E-state index in [1.807, 2.05) is 6.07 Å². The van der Waals surface area contributed by atoms with Crippen molar-refractivity contribution in [2.75, 3.05) is 56.8 Å². The van der Waals surface area contributed by atoms with Crippen LogP contribution >= 0.6 is 23.2 Å². The zero-order valence-corrected chi connectivity index (χ0v) is 40.9. The third-order valence-corrected chi connectivity index (χ3v) is 15.1. The number of amides is 6. The first-order chi connectivity index (χ1) is 34.8. The summed E-state index contributed by atoms with van der Waals surface area (Å²) in [7, 11) is 0. The fourth-order valence-corrected chi connectivity index (χ4v) is 11.7. The van der Waals surface area contributed by atoms with E-state index in [0.29, 0.717) is 52.5 Å². The smallest absolute Gasteiger partial charge is 0.255 e. The largest absolute Gasteiger partial charge is 0.379 e. The van der Waals surface area contributed by atoms with Crippen LogP contribution in [0.5, 0.6) is 0 Å². The lowest BCUT2D eigenvalue weighted by Gasteiger charge is -2.47. The number of carbonyl (C=O) groups excluding carboxylic acids is 7. The molecular weight excluding hydrogens is 971 g/mol. The molecule has 4 aromatic carbocycles. The minimum atomic E-state index is -1.37. The van der Waals surface area contributed by atoms with Crippen molar-refractivity contribution in [1.82, 2.24) is 20.9 Å². The first kappa shape index (κ1) is 50.8. The monoisotopic (exact) mass is 1020 g/mol. The van der Waals surface area contributed by atoms with Gasteiger partial charge in [-0.2, -0.15) is 0 Å². The Labute approximate surface area is 425 Å². The Morgan fingerprint density at radius 3 is 2.29 bits per heavy atom. The molecule has 3 fully saturated rings. The van der Waals surface area contributed by atoms with E-state index in [4.69, 9.17) is 37.4 Å². The van der Waals surface area contributed by atoms with E-state index in [9.17, 15) is 33.6 Å². The maximum absolute atomic E-state index is 16.2. The number of ketones is 1. The summed E-state index contributed by atoms with van der Waals surface area (Å²) in [5.41, 5.74) is 1.76. The van der Waals surface area contributed by atoms with Crippen molar-refractivity contribution in [2.45, 2.75) is 93.3 Å². The molecule has 4 heterocycles. The van der Waals surface area contributed by atoms with Gasteiger partial charge in [0.15, 0.2) is 0 Å². The summed E-state index contributed by atoms with van der Waals surface area (Å²) in [6, 6.07) is 19.7. The van der Waals surface area contributed by atoms with E-state index < -0.39 is 46.6 Å². The lowest BCUT2D eigenvalue weighted by atomic mass is 9.55. The normalized spacial score (nSPS) is 21.9. The number of Topliss-reactive ketones (excluding diaryl/α,β-unsaturated/α-hetero) is 1. The van der Waals surface area contributed by atoms with Gasteiger partial charge in [0.2, 0.25) is 23.6 Å². The third kappa shape index (κ3) is 10.0. The van der Waals surface area contributed by atoms with Crippen molar-refractivity contribution in [1.29, 1.82) is 0 Å². The molecule has 2 spiro atoms. The number of imide groups is 1. The summed E-state index contributed by atoms with van der Waals surface area (Å²) in [5.74, 6) is -4.01. The summed E-state index contributed by atoms with van der Waals surface area (Å²) in [5, 5.41) is 15.0. The molecule has 0 bridgehead atoms. The highest BCUT2D eigenvalue weighted by molar-refractivity contribution is 6.31. The maximum atomic E-state index is 16.2. The van der Waals surface area contributed by atoms with Gasteiger partial charge in [0.1, 0.15) is 23.1 Å². The second-order valence-corrected chi connectivity index (χ2v) is 19.6. The van der Waals surface area contributed by atoms with Crippen molar-refractivity contribution in [3.8, 4) is 0 Å². The van der Waals surface area contributed by atoms with Crippen LogP contribution in [-0.2, 0) is 56.6 Å². The van der Waals surface area contributed by atoms with Crippen LogP contribution in [0.25, 0.3) is 0 Å². The molecular formula is C53H55Cl2FN6O10. The Kier molecular flexibility index (Phi) is 15.5. The molecule has 4 atom stereocenters. The molecule has 2 saturated heterocycles. The van der Waals surface area contributed by atoms with Crippen LogP contribution in [0.3, 0.4) is 0 Å². The minimum Gasteiger partial charge on any atom is -0.379 e. The van der Waals surface area contributed by atoms with E-state index in [1.165, 1.54) is 11.0 Å². The highest BCUT2D eigenvalue weighted by Crippen LogP contribution is 2.63. The molecule has 5 N–H and O–H groups in total.